The summed E-state index contributed by atoms with van der Waals surface area (Å²) >= 11 is 0. The van der Waals surface area contributed by atoms with Gasteiger partial charge in [0.25, 0.3) is 7.37 Å². The van der Waals surface area contributed by atoms with Crippen molar-refractivity contribution < 1.29 is 18.6 Å². The van der Waals surface area contributed by atoms with Crippen molar-refractivity contribution in [3.63, 3.8) is 0 Å². The maximum atomic E-state index is 14.2. The normalized spacial score (nSPS) is 12.4. The predicted octanol–water partition coefficient (Wildman–Crippen LogP) is 6.13. The smallest absolute Gasteiger partial charge is 0.338 e. The first-order valence-corrected chi connectivity index (χ1v) is 12.4. The van der Waals surface area contributed by atoms with Crippen molar-refractivity contribution in [3.8, 4) is 0 Å². The first-order valence-electron chi connectivity index (χ1n) is 10.8. The molecule has 0 bridgehead atoms. The Labute approximate surface area is 191 Å². The van der Waals surface area contributed by atoms with Crippen LogP contribution in [0.3, 0.4) is 0 Å². The molecular weight excluding hydrogens is 419 g/mol. The molecule has 0 spiro atoms. The molecule has 168 valence electrons. The quantitative estimate of drug-likeness (QED) is 0.291. The number of ether oxygens (including phenoxy) is 1. The van der Waals surface area contributed by atoms with E-state index in [0.29, 0.717) is 29.0 Å². The average molecular weight is 451 g/mol. The van der Waals surface area contributed by atoms with Crippen LogP contribution >= 0.6 is 7.37 Å². The molecule has 3 aromatic carbocycles. The second-order valence-corrected chi connectivity index (χ2v) is 11.4. The molecule has 0 aromatic heterocycles. The third kappa shape index (κ3) is 6.18. The lowest BCUT2D eigenvalue weighted by molar-refractivity contribution is -0.0153. The van der Waals surface area contributed by atoms with Crippen molar-refractivity contribution in [1.82, 2.24) is 0 Å². The highest BCUT2D eigenvalue weighted by Crippen LogP contribution is 2.49. The van der Waals surface area contributed by atoms with Crippen molar-refractivity contribution in [3.05, 3.63) is 96.6 Å². The molecule has 4 nitrogen and oxygen atoms in total. The third-order valence-electron chi connectivity index (χ3n) is 5.28. The topological polar surface area (TPSA) is 52.6 Å². The molecule has 3 rings (SSSR count). The average Bonchev–Trinajstić information content (AvgIpc) is 2.79. The van der Waals surface area contributed by atoms with E-state index >= 15 is 0 Å². The summed E-state index contributed by atoms with van der Waals surface area (Å²) in [6.45, 7) is 7.64. The number of hydrogen-bond donors (Lipinski definition) is 0. The van der Waals surface area contributed by atoms with E-state index in [2.05, 4.69) is 0 Å². The van der Waals surface area contributed by atoms with Crippen LogP contribution in [0.2, 0.25) is 0 Å². The van der Waals surface area contributed by atoms with Gasteiger partial charge in [0.15, 0.2) is 0 Å². The van der Waals surface area contributed by atoms with Crippen molar-refractivity contribution in [2.75, 3.05) is 0 Å². The maximum Gasteiger partial charge on any atom is 0.338 e. The number of carbonyl (C=O) groups is 1. The maximum absolute atomic E-state index is 14.2. The zero-order valence-electron chi connectivity index (χ0n) is 19.2. The monoisotopic (exact) mass is 450 g/mol. The summed E-state index contributed by atoms with van der Waals surface area (Å²) in [5.74, 6) is -0.353. The summed E-state index contributed by atoms with van der Waals surface area (Å²) in [5.41, 5.74) is -0.886. The van der Waals surface area contributed by atoms with E-state index in [1.165, 1.54) is 0 Å². The molecule has 0 fully saturated rings. The lowest BCUT2D eigenvalue weighted by Crippen LogP contribution is -2.34. The highest BCUT2D eigenvalue weighted by molar-refractivity contribution is 7.74. The minimum Gasteiger partial charge on any atom is -0.456 e. The fourth-order valence-electron chi connectivity index (χ4n) is 3.43. The number of rotatable bonds is 9. The minimum atomic E-state index is -3.31. The largest absolute Gasteiger partial charge is 0.456 e. The lowest BCUT2D eigenvalue weighted by atomic mass is 9.94. The molecule has 0 atom stereocenters. The van der Waals surface area contributed by atoms with Crippen molar-refractivity contribution >= 4 is 23.9 Å². The fourth-order valence-corrected chi connectivity index (χ4v) is 5.86. The molecular formula is C27H31O4P. The van der Waals surface area contributed by atoms with Gasteiger partial charge < -0.3 is 9.26 Å². The van der Waals surface area contributed by atoms with Crippen LogP contribution in [0, 0.1) is 0 Å². The van der Waals surface area contributed by atoms with E-state index in [0.717, 1.165) is 0 Å². The van der Waals surface area contributed by atoms with Crippen LogP contribution in [-0.2, 0) is 13.8 Å². The zero-order valence-corrected chi connectivity index (χ0v) is 20.0. The summed E-state index contributed by atoms with van der Waals surface area (Å²) < 4.78 is 26.4. The molecule has 0 radical (unpaired) electrons. The highest BCUT2D eigenvalue weighted by atomic mass is 31.2. The number of esters is 1. The molecule has 3 aromatic rings. The predicted molar refractivity (Wildman–Crippen MR) is 130 cm³/mol. The molecule has 0 amide bonds. The molecule has 0 unspecified atom stereocenters. The van der Waals surface area contributed by atoms with Gasteiger partial charge in [-0.2, -0.15) is 0 Å². The summed E-state index contributed by atoms with van der Waals surface area (Å²) in [6, 6.07) is 27.6. The van der Waals surface area contributed by atoms with E-state index < -0.39 is 18.6 Å². The summed E-state index contributed by atoms with van der Waals surface area (Å²) in [7, 11) is -3.31. The molecule has 5 heteroatoms. The van der Waals surface area contributed by atoms with Crippen molar-refractivity contribution in [1.29, 1.82) is 0 Å². The van der Waals surface area contributed by atoms with E-state index in [1.807, 2.05) is 107 Å². The van der Waals surface area contributed by atoms with Gasteiger partial charge in [-0.15, -0.1) is 0 Å². The first kappa shape index (κ1) is 24.0. The minimum absolute atomic E-state index is 0.353. The van der Waals surface area contributed by atoms with Crippen LogP contribution in [0.5, 0.6) is 0 Å². The van der Waals surface area contributed by atoms with Gasteiger partial charge in [0.05, 0.1) is 11.2 Å². The fraction of sp³-hybridized carbons (Fsp3) is 0.296. The molecule has 0 saturated heterocycles. The standard InChI is InChI=1S/C27H31O4P/c1-26(2,30-25(28)22-14-8-5-9-15-22)20-21-27(3,4)31-32(29,23-16-10-6-11-17-23)24-18-12-7-13-19-24/h5-19H,20-21H2,1-4H3. The van der Waals surface area contributed by atoms with E-state index in [1.54, 1.807) is 12.1 Å². The third-order valence-corrected chi connectivity index (χ3v) is 7.98. The first-order chi connectivity index (χ1) is 15.1. The molecule has 0 saturated carbocycles. The zero-order chi connectivity index (χ0) is 23.2. The molecule has 0 N–H and O–H groups in total. The Morgan fingerprint density at radius 1 is 0.688 bits per heavy atom. The summed E-state index contributed by atoms with van der Waals surface area (Å²) in [6.07, 6.45) is 1.12. The van der Waals surface area contributed by atoms with E-state index in [4.69, 9.17) is 9.26 Å². The molecule has 0 heterocycles. The van der Waals surface area contributed by atoms with Crippen molar-refractivity contribution in [2.45, 2.75) is 51.7 Å². The summed E-state index contributed by atoms with van der Waals surface area (Å²) in [5, 5.41) is 1.32. The van der Waals surface area contributed by atoms with Crippen LogP contribution < -0.4 is 10.6 Å². The highest BCUT2D eigenvalue weighted by Gasteiger charge is 2.37. The van der Waals surface area contributed by atoms with Gasteiger partial charge >= 0.3 is 5.97 Å². The van der Waals surface area contributed by atoms with Crippen LogP contribution in [0.25, 0.3) is 0 Å². The Bertz CT molecular complexity index is 1020. The van der Waals surface area contributed by atoms with E-state index in [-0.39, 0.29) is 5.97 Å². The Hall–Kier alpha value is -2.68. The van der Waals surface area contributed by atoms with Gasteiger partial charge in [-0.3, -0.25) is 4.57 Å². The van der Waals surface area contributed by atoms with Crippen LogP contribution in [0.4, 0.5) is 0 Å². The summed E-state index contributed by atoms with van der Waals surface area (Å²) in [4.78, 5) is 12.5. The Morgan fingerprint density at radius 2 is 1.09 bits per heavy atom. The Morgan fingerprint density at radius 3 is 1.56 bits per heavy atom. The molecule has 0 aliphatic rings. The Balaban J connectivity index is 1.74. The van der Waals surface area contributed by atoms with Crippen LogP contribution in [-0.4, -0.2) is 17.2 Å². The van der Waals surface area contributed by atoms with Gasteiger partial charge in [-0.25, -0.2) is 4.79 Å². The number of carbonyl (C=O) groups excluding carboxylic acids is 1. The molecule has 0 aliphatic heterocycles. The Kier molecular flexibility index (Phi) is 7.38. The lowest BCUT2D eigenvalue weighted by Gasteiger charge is -2.34. The van der Waals surface area contributed by atoms with Gasteiger partial charge in [-0.1, -0.05) is 54.6 Å². The van der Waals surface area contributed by atoms with Gasteiger partial charge in [-0.05, 0) is 76.9 Å². The second-order valence-electron chi connectivity index (χ2n) is 9.09. The van der Waals surface area contributed by atoms with Gasteiger partial charge in [0.1, 0.15) is 5.60 Å². The van der Waals surface area contributed by atoms with Crippen LogP contribution in [0.1, 0.15) is 50.9 Å². The number of hydrogen-bond acceptors (Lipinski definition) is 4. The second kappa shape index (κ2) is 9.85. The van der Waals surface area contributed by atoms with Crippen LogP contribution in [0.15, 0.2) is 91.0 Å². The van der Waals surface area contributed by atoms with E-state index in [9.17, 15) is 9.36 Å². The molecule has 0 aliphatic carbocycles. The van der Waals surface area contributed by atoms with Gasteiger partial charge in [0.2, 0.25) is 0 Å². The SMILES string of the molecule is CC(C)(CCC(C)(C)OP(=O)(c1ccccc1)c1ccccc1)OC(=O)c1ccccc1. The number of benzene rings is 3. The van der Waals surface area contributed by atoms with Gasteiger partial charge in [0, 0.05) is 10.6 Å². The molecule has 32 heavy (non-hydrogen) atoms. The van der Waals surface area contributed by atoms with Crippen molar-refractivity contribution in [2.24, 2.45) is 0 Å².